The monoisotopic (exact) mass is 504 g/mol. The van der Waals surface area contributed by atoms with Gasteiger partial charge in [0.15, 0.2) is 12.6 Å². The van der Waals surface area contributed by atoms with Crippen LogP contribution in [0.1, 0.15) is 0 Å². The molecule has 0 aromatic heterocycles. The minimum absolute atomic E-state index is 0.600. The topological polar surface area (TPSA) is 280 Å². The van der Waals surface area contributed by atoms with Crippen LogP contribution >= 0.6 is 0 Å². The largest absolute Gasteiger partial charge is 0.394 e. The summed E-state index contributed by atoms with van der Waals surface area (Å²) in [6.07, 6.45) is -28.4. The van der Waals surface area contributed by atoms with Crippen molar-refractivity contribution in [3.05, 3.63) is 0 Å². The zero-order valence-corrected chi connectivity index (χ0v) is 17.7. The van der Waals surface area contributed by atoms with Crippen molar-refractivity contribution in [1.82, 2.24) is 0 Å². The third-order valence-electron chi connectivity index (χ3n) is 6.31. The molecule has 0 spiro atoms. The normalized spacial score (nSPS) is 54.7. The Balaban J connectivity index is 1.67. The molecule has 7 unspecified atom stereocenters. The van der Waals surface area contributed by atoms with Gasteiger partial charge in [-0.25, -0.2) is 0 Å². The van der Waals surface area contributed by atoms with Gasteiger partial charge in [0.2, 0.25) is 0 Å². The van der Waals surface area contributed by atoms with Crippen LogP contribution in [0, 0.1) is 0 Å². The van der Waals surface area contributed by atoms with E-state index in [1.807, 2.05) is 0 Å². The zero-order chi connectivity index (χ0) is 25.5. The van der Waals surface area contributed by atoms with Crippen LogP contribution in [0.4, 0.5) is 0 Å². The third-order valence-corrected chi connectivity index (χ3v) is 6.31. The van der Waals surface area contributed by atoms with Gasteiger partial charge in [-0.1, -0.05) is 0 Å². The first-order chi connectivity index (χ1) is 15.9. The first-order valence-electron chi connectivity index (χ1n) is 10.6. The lowest BCUT2D eigenvalue weighted by atomic mass is 9.85. The molecule has 0 amide bonds. The summed E-state index contributed by atoms with van der Waals surface area (Å²) in [5.41, 5.74) is 0. The Bertz CT molecular complexity index is 637. The average molecular weight is 504 g/mol. The summed E-state index contributed by atoms with van der Waals surface area (Å²) >= 11 is 0. The maximum Gasteiger partial charge on any atom is 0.189 e. The second kappa shape index (κ2) is 11.2. The fourth-order valence-electron chi connectivity index (χ4n) is 4.09. The van der Waals surface area contributed by atoms with Gasteiger partial charge in [0, 0.05) is 0 Å². The van der Waals surface area contributed by atoms with E-state index < -0.39 is 111 Å². The molecule has 16 nitrogen and oxygen atoms in total. The fraction of sp³-hybridized carbons (Fsp3) is 1.00. The number of ether oxygens (including phenoxy) is 4. The van der Waals surface area contributed by atoms with Gasteiger partial charge in [0.1, 0.15) is 85.5 Å². The smallest absolute Gasteiger partial charge is 0.189 e. The minimum atomic E-state index is -1.96. The van der Waals surface area contributed by atoms with Gasteiger partial charge in [-0.3, -0.25) is 0 Å². The van der Waals surface area contributed by atoms with Crippen LogP contribution in [0.2, 0.25) is 0 Å². The highest BCUT2D eigenvalue weighted by Crippen LogP contribution is 2.30. The predicted octanol–water partition coefficient (Wildman–Crippen LogP) is -8.19. The Morgan fingerprint density at radius 3 is 1.47 bits per heavy atom. The van der Waals surface area contributed by atoms with Crippen molar-refractivity contribution < 1.29 is 80.2 Å². The van der Waals surface area contributed by atoms with E-state index in [0.717, 1.165) is 0 Å². The summed E-state index contributed by atoms with van der Waals surface area (Å²) in [5.74, 6) is 0. The van der Waals surface area contributed by atoms with Crippen LogP contribution < -0.4 is 0 Å². The molecule has 16 atom stereocenters. The van der Waals surface area contributed by atoms with Crippen molar-refractivity contribution in [2.24, 2.45) is 0 Å². The number of hydrogen-bond acceptors (Lipinski definition) is 16. The Morgan fingerprint density at radius 2 is 0.912 bits per heavy atom. The van der Waals surface area contributed by atoms with Gasteiger partial charge < -0.3 is 80.2 Å². The van der Waals surface area contributed by atoms with E-state index in [-0.39, 0.29) is 0 Å². The molecule has 3 rings (SSSR count). The molecule has 12 N–H and O–H groups in total. The van der Waals surface area contributed by atoms with E-state index in [9.17, 15) is 61.3 Å². The molecule has 200 valence electrons. The molecule has 3 fully saturated rings. The van der Waals surface area contributed by atoms with Crippen molar-refractivity contribution in [3.63, 3.8) is 0 Å². The van der Waals surface area contributed by atoms with Crippen LogP contribution in [0.3, 0.4) is 0 Å². The molecule has 2 saturated heterocycles. The van der Waals surface area contributed by atoms with Crippen molar-refractivity contribution in [2.75, 3.05) is 13.2 Å². The molecule has 0 radical (unpaired) electrons. The standard InChI is InChI=1S/C18H32O16/c19-1-3-5(20)7(22)6(21)4(32-3)2-31-17-14(29)11(26)15(30)18(34-17)33-16-12(27)9(24)8(23)10(25)13(16)28/h3-30H,1-2H2/t3?,4-,5-,6?,7-,8?,9-,10+,11-,12?,13+,14+,15?,16?,17?,18+/m0/s1. The van der Waals surface area contributed by atoms with Crippen molar-refractivity contribution >= 4 is 0 Å². The quantitative estimate of drug-likeness (QED) is 0.160. The van der Waals surface area contributed by atoms with Gasteiger partial charge in [-0.05, 0) is 0 Å². The molecule has 3 aliphatic rings. The van der Waals surface area contributed by atoms with Gasteiger partial charge in [-0.2, -0.15) is 0 Å². The third kappa shape index (κ3) is 5.23. The SMILES string of the molecule is OCC1O[C@@H](COC2O[C@@H](OC3C(O)[C@@H](O)C(O)[C@@H](O)[C@H]3O)C(O)[C@@H](O)[C@H]2O)C(O)[C@@H](O)[C@H]1O. The maximum atomic E-state index is 10.2. The Kier molecular flexibility index (Phi) is 9.18. The first-order valence-corrected chi connectivity index (χ1v) is 10.6. The van der Waals surface area contributed by atoms with E-state index in [4.69, 9.17) is 18.9 Å². The number of aliphatic hydroxyl groups excluding tert-OH is 12. The summed E-state index contributed by atoms with van der Waals surface area (Å²) < 4.78 is 21.0. The van der Waals surface area contributed by atoms with Crippen LogP contribution in [-0.4, -0.2) is 173 Å². The van der Waals surface area contributed by atoms with Gasteiger partial charge in [-0.15, -0.1) is 0 Å². The lowest BCUT2D eigenvalue weighted by molar-refractivity contribution is -0.377. The molecule has 1 saturated carbocycles. The molecule has 34 heavy (non-hydrogen) atoms. The highest BCUT2D eigenvalue weighted by molar-refractivity contribution is 5.00. The summed E-state index contributed by atoms with van der Waals surface area (Å²) in [6.45, 7) is -1.29. The van der Waals surface area contributed by atoms with Crippen LogP contribution in [0.5, 0.6) is 0 Å². The summed E-state index contributed by atoms with van der Waals surface area (Å²) in [4.78, 5) is 0. The molecule has 0 aromatic rings. The lowest BCUT2D eigenvalue weighted by Crippen LogP contribution is -2.67. The van der Waals surface area contributed by atoms with E-state index in [0.29, 0.717) is 0 Å². The van der Waals surface area contributed by atoms with Crippen molar-refractivity contribution in [1.29, 1.82) is 0 Å². The van der Waals surface area contributed by atoms with Crippen molar-refractivity contribution in [3.8, 4) is 0 Å². The van der Waals surface area contributed by atoms with Crippen LogP contribution in [0.25, 0.3) is 0 Å². The molecule has 0 bridgehead atoms. The van der Waals surface area contributed by atoms with Gasteiger partial charge >= 0.3 is 0 Å². The first kappa shape index (κ1) is 27.9. The second-order valence-corrected chi connectivity index (χ2v) is 8.60. The molecule has 2 heterocycles. The number of rotatable bonds is 6. The summed E-state index contributed by atoms with van der Waals surface area (Å²) in [7, 11) is 0. The molecular weight excluding hydrogens is 472 g/mol. The zero-order valence-electron chi connectivity index (χ0n) is 17.7. The maximum absolute atomic E-state index is 10.2. The average Bonchev–Trinajstić information content (AvgIpc) is 2.82. The molecule has 2 aliphatic heterocycles. The summed E-state index contributed by atoms with van der Waals surface area (Å²) in [5, 5.41) is 119. The minimum Gasteiger partial charge on any atom is -0.394 e. The highest BCUT2D eigenvalue weighted by atomic mass is 16.8. The van der Waals surface area contributed by atoms with Gasteiger partial charge in [0.05, 0.1) is 13.2 Å². The van der Waals surface area contributed by atoms with E-state index in [1.54, 1.807) is 0 Å². The second-order valence-electron chi connectivity index (χ2n) is 8.60. The molecule has 0 aromatic carbocycles. The van der Waals surface area contributed by atoms with Crippen LogP contribution in [-0.2, 0) is 18.9 Å². The van der Waals surface area contributed by atoms with Gasteiger partial charge in [0.25, 0.3) is 0 Å². The molecular formula is C18H32O16. The molecule has 1 aliphatic carbocycles. The highest BCUT2D eigenvalue weighted by Gasteiger charge is 2.53. The number of hydrogen-bond donors (Lipinski definition) is 12. The molecule has 16 heteroatoms. The lowest BCUT2D eigenvalue weighted by Gasteiger charge is -2.46. The Labute approximate surface area is 192 Å². The predicted molar refractivity (Wildman–Crippen MR) is 101 cm³/mol. The van der Waals surface area contributed by atoms with E-state index in [1.165, 1.54) is 0 Å². The number of aliphatic hydroxyl groups is 12. The van der Waals surface area contributed by atoms with Crippen LogP contribution in [0.15, 0.2) is 0 Å². The van der Waals surface area contributed by atoms with Crippen molar-refractivity contribution in [2.45, 2.75) is 98.0 Å². The van der Waals surface area contributed by atoms with E-state index >= 15 is 0 Å². The Hall–Kier alpha value is -0.640. The summed E-state index contributed by atoms with van der Waals surface area (Å²) in [6, 6.07) is 0. The van der Waals surface area contributed by atoms with E-state index in [2.05, 4.69) is 0 Å². The Morgan fingerprint density at radius 1 is 0.471 bits per heavy atom. The fourth-order valence-corrected chi connectivity index (χ4v) is 4.09.